The van der Waals surface area contributed by atoms with Crippen LogP contribution in [0.3, 0.4) is 0 Å². The Bertz CT molecular complexity index is 631. The summed E-state index contributed by atoms with van der Waals surface area (Å²) in [5, 5.41) is 4.70. The summed E-state index contributed by atoms with van der Waals surface area (Å²) >= 11 is 5.78. The predicted molar refractivity (Wildman–Crippen MR) is 82.3 cm³/mol. The van der Waals surface area contributed by atoms with Gasteiger partial charge in [0, 0.05) is 10.6 Å². The fraction of sp³-hybridized carbons (Fsp3) is 0.125. The molecule has 0 aliphatic carbocycles. The van der Waals surface area contributed by atoms with Crippen LogP contribution in [0, 0.1) is 6.92 Å². The van der Waals surface area contributed by atoms with E-state index in [-0.39, 0.29) is 5.91 Å². The van der Waals surface area contributed by atoms with E-state index in [1.807, 2.05) is 38.1 Å². The topological polar surface area (TPSA) is 41.5 Å². The molecular formula is C16H15ClN2O. The fourth-order valence-electron chi connectivity index (χ4n) is 1.66. The average Bonchev–Trinajstić information content (AvgIpc) is 2.46. The van der Waals surface area contributed by atoms with Gasteiger partial charge in [-0.05, 0) is 43.7 Å². The molecular weight excluding hydrogens is 272 g/mol. The van der Waals surface area contributed by atoms with Gasteiger partial charge in [-0.1, -0.05) is 41.4 Å². The van der Waals surface area contributed by atoms with Gasteiger partial charge in [0.1, 0.15) is 0 Å². The average molecular weight is 287 g/mol. The lowest BCUT2D eigenvalue weighted by molar-refractivity contribution is 0.0955. The van der Waals surface area contributed by atoms with E-state index in [4.69, 9.17) is 11.6 Å². The number of rotatable bonds is 3. The zero-order valence-electron chi connectivity index (χ0n) is 11.4. The number of hydrogen-bond donors (Lipinski definition) is 1. The second kappa shape index (κ2) is 6.35. The van der Waals surface area contributed by atoms with Gasteiger partial charge in [-0.25, -0.2) is 5.43 Å². The number of nitrogens with zero attached hydrogens (tertiary/aromatic N) is 1. The summed E-state index contributed by atoms with van der Waals surface area (Å²) < 4.78 is 0. The highest BCUT2D eigenvalue weighted by Gasteiger charge is 2.04. The van der Waals surface area contributed by atoms with Crippen LogP contribution in [0.25, 0.3) is 0 Å². The van der Waals surface area contributed by atoms with Crippen LogP contribution in [0.15, 0.2) is 53.6 Å². The zero-order chi connectivity index (χ0) is 14.5. The molecule has 0 aliphatic heterocycles. The Hall–Kier alpha value is -2.13. The largest absolute Gasteiger partial charge is 0.271 e. The molecule has 4 heteroatoms. The van der Waals surface area contributed by atoms with E-state index >= 15 is 0 Å². The van der Waals surface area contributed by atoms with Crippen molar-refractivity contribution < 1.29 is 4.79 Å². The minimum Gasteiger partial charge on any atom is -0.267 e. The summed E-state index contributed by atoms with van der Waals surface area (Å²) in [7, 11) is 0. The normalized spacial score (nSPS) is 11.2. The van der Waals surface area contributed by atoms with Crippen molar-refractivity contribution in [2.75, 3.05) is 0 Å². The zero-order valence-corrected chi connectivity index (χ0v) is 12.1. The van der Waals surface area contributed by atoms with Gasteiger partial charge in [-0.2, -0.15) is 5.10 Å². The summed E-state index contributed by atoms with van der Waals surface area (Å²) in [6, 6.07) is 14.6. The van der Waals surface area contributed by atoms with E-state index in [1.54, 1.807) is 24.3 Å². The van der Waals surface area contributed by atoms with Crippen LogP contribution in [0.4, 0.5) is 0 Å². The lowest BCUT2D eigenvalue weighted by Gasteiger charge is -2.03. The summed E-state index contributed by atoms with van der Waals surface area (Å²) in [6.07, 6.45) is 0. The summed E-state index contributed by atoms with van der Waals surface area (Å²) in [6.45, 7) is 3.88. The first-order valence-corrected chi connectivity index (χ1v) is 6.61. The maximum absolute atomic E-state index is 11.9. The molecule has 1 N–H and O–H groups in total. The molecule has 0 saturated carbocycles. The van der Waals surface area contributed by atoms with E-state index in [0.717, 1.165) is 11.3 Å². The number of benzene rings is 2. The number of halogens is 1. The van der Waals surface area contributed by atoms with Crippen molar-refractivity contribution in [3.63, 3.8) is 0 Å². The quantitative estimate of drug-likeness (QED) is 0.677. The highest BCUT2D eigenvalue weighted by Crippen LogP contribution is 2.09. The Morgan fingerprint density at radius 2 is 1.55 bits per heavy atom. The molecule has 0 saturated heterocycles. The van der Waals surface area contributed by atoms with Crippen molar-refractivity contribution in [3.8, 4) is 0 Å². The Kier molecular flexibility index (Phi) is 4.53. The number of hydrazone groups is 1. The molecule has 0 spiro atoms. The number of nitrogens with one attached hydrogen (secondary N) is 1. The molecule has 0 aromatic heterocycles. The molecule has 0 fully saturated rings. The number of carbonyl (C=O) groups is 1. The van der Waals surface area contributed by atoms with Crippen molar-refractivity contribution in [3.05, 3.63) is 70.2 Å². The van der Waals surface area contributed by atoms with Crippen LogP contribution in [-0.4, -0.2) is 11.6 Å². The van der Waals surface area contributed by atoms with Crippen LogP contribution in [0.1, 0.15) is 28.4 Å². The molecule has 2 aromatic carbocycles. The lowest BCUT2D eigenvalue weighted by atomic mass is 10.1. The highest BCUT2D eigenvalue weighted by molar-refractivity contribution is 6.30. The monoisotopic (exact) mass is 286 g/mol. The van der Waals surface area contributed by atoms with Crippen molar-refractivity contribution in [1.29, 1.82) is 0 Å². The van der Waals surface area contributed by atoms with E-state index in [1.165, 1.54) is 5.56 Å². The van der Waals surface area contributed by atoms with Crippen molar-refractivity contribution in [2.45, 2.75) is 13.8 Å². The van der Waals surface area contributed by atoms with Gasteiger partial charge in [0.15, 0.2) is 0 Å². The number of aryl methyl sites for hydroxylation is 1. The maximum atomic E-state index is 11.9. The van der Waals surface area contributed by atoms with Crippen LogP contribution >= 0.6 is 11.6 Å². The molecule has 3 nitrogen and oxygen atoms in total. The summed E-state index contributed by atoms with van der Waals surface area (Å²) in [4.78, 5) is 11.9. The van der Waals surface area contributed by atoms with Crippen molar-refractivity contribution in [2.24, 2.45) is 5.10 Å². The van der Waals surface area contributed by atoms with E-state index in [0.29, 0.717) is 10.6 Å². The third-order valence-electron chi connectivity index (χ3n) is 2.90. The van der Waals surface area contributed by atoms with Gasteiger partial charge in [0.2, 0.25) is 0 Å². The third-order valence-corrected chi connectivity index (χ3v) is 3.15. The fourth-order valence-corrected chi connectivity index (χ4v) is 1.79. The Labute approximate surface area is 123 Å². The first kappa shape index (κ1) is 14.3. The maximum Gasteiger partial charge on any atom is 0.271 e. The molecule has 1 amide bonds. The number of carbonyl (C=O) groups excluding carboxylic acids is 1. The molecule has 2 rings (SSSR count). The molecule has 0 atom stereocenters. The SMILES string of the molecule is CC(=NNC(=O)c1ccc(Cl)cc1)c1ccc(C)cc1. The minimum absolute atomic E-state index is 0.256. The molecule has 0 bridgehead atoms. The van der Waals surface area contributed by atoms with Crippen LogP contribution in [0.5, 0.6) is 0 Å². The van der Waals surface area contributed by atoms with Gasteiger partial charge >= 0.3 is 0 Å². The molecule has 0 unspecified atom stereocenters. The Morgan fingerprint density at radius 3 is 2.15 bits per heavy atom. The summed E-state index contributed by atoms with van der Waals surface area (Å²) in [5.74, 6) is -0.256. The van der Waals surface area contributed by atoms with Crippen LogP contribution in [0.2, 0.25) is 5.02 Å². The second-order valence-electron chi connectivity index (χ2n) is 4.51. The first-order chi connectivity index (χ1) is 9.56. The van der Waals surface area contributed by atoms with Gasteiger partial charge in [-0.15, -0.1) is 0 Å². The molecule has 20 heavy (non-hydrogen) atoms. The lowest BCUT2D eigenvalue weighted by Crippen LogP contribution is -2.19. The van der Waals surface area contributed by atoms with Gasteiger partial charge in [0.05, 0.1) is 5.71 Å². The predicted octanol–water partition coefficient (Wildman–Crippen LogP) is 3.80. The standard InChI is InChI=1S/C16H15ClN2O/c1-11-3-5-13(6-4-11)12(2)18-19-16(20)14-7-9-15(17)10-8-14/h3-10H,1-2H3,(H,19,20). The molecule has 2 aromatic rings. The Morgan fingerprint density at radius 1 is 1.00 bits per heavy atom. The second-order valence-corrected chi connectivity index (χ2v) is 4.95. The highest BCUT2D eigenvalue weighted by atomic mass is 35.5. The summed E-state index contributed by atoms with van der Waals surface area (Å²) in [5.41, 5.74) is 5.98. The molecule has 0 radical (unpaired) electrons. The van der Waals surface area contributed by atoms with Crippen LogP contribution < -0.4 is 5.43 Å². The van der Waals surface area contributed by atoms with Gasteiger partial charge < -0.3 is 0 Å². The van der Waals surface area contributed by atoms with E-state index in [9.17, 15) is 4.79 Å². The molecule has 102 valence electrons. The van der Waals surface area contributed by atoms with E-state index in [2.05, 4.69) is 10.5 Å². The van der Waals surface area contributed by atoms with Crippen LogP contribution in [-0.2, 0) is 0 Å². The third kappa shape index (κ3) is 3.68. The Balaban J connectivity index is 2.06. The number of amides is 1. The molecule has 0 heterocycles. The van der Waals surface area contributed by atoms with Crippen molar-refractivity contribution in [1.82, 2.24) is 5.43 Å². The first-order valence-electron chi connectivity index (χ1n) is 6.23. The van der Waals surface area contributed by atoms with Gasteiger partial charge in [-0.3, -0.25) is 4.79 Å². The smallest absolute Gasteiger partial charge is 0.267 e. The van der Waals surface area contributed by atoms with Gasteiger partial charge in [0.25, 0.3) is 5.91 Å². The minimum atomic E-state index is -0.256. The van der Waals surface area contributed by atoms with E-state index < -0.39 is 0 Å². The molecule has 0 aliphatic rings. The number of hydrogen-bond acceptors (Lipinski definition) is 2. The van der Waals surface area contributed by atoms with Crippen molar-refractivity contribution >= 4 is 23.2 Å².